The Kier molecular flexibility index (Phi) is 2.61. The first kappa shape index (κ1) is 12.2. The maximum absolute atomic E-state index is 5.88. The molecule has 19 heavy (non-hydrogen) atoms. The number of aromatic nitrogens is 2. The first-order valence-electron chi connectivity index (χ1n) is 6.57. The van der Waals surface area contributed by atoms with Crippen molar-refractivity contribution in [1.82, 2.24) is 9.55 Å². The van der Waals surface area contributed by atoms with Gasteiger partial charge in [0.15, 0.2) is 0 Å². The molecule has 3 nitrogen and oxygen atoms in total. The fraction of sp³-hybridized carbons (Fsp3) is 0.312. The van der Waals surface area contributed by atoms with Crippen molar-refractivity contribution in [3.05, 3.63) is 42.2 Å². The van der Waals surface area contributed by atoms with Gasteiger partial charge in [-0.1, -0.05) is 26.0 Å². The second-order valence-corrected chi connectivity index (χ2v) is 5.77. The van der Waals surface area contributed by atoms with Crippen LogP contribution in [0.2, 0.25) is 0 Å². The maximum atomic E-state index is 5.88. The molecule has 0 atom stereocenters. The number of nitrogens with zero attached hydrogens (tertiary/aromatic N) is 2. The van der Waals surface area contributed by atoms with Crippen LogP contribution in [0.3, 0.4) is 0 Å². The van der Waals surface area contributed by atoms with Crippen LogP contribution in [-0.2, 0) is 12.5 Å². The highest BCUT2D eigenvalue weighted by Crippen LogP contribution is 2.31. The summed E-state index contributed by atoms with van der Waals surface area (Å²) in [5.41, 5.74) is 9.61. The van der Waals surface area contributed by atoms with Gasteiger partial charge >= 0.3 is 0 Å². The number of pyridine rings is 1. The lowest BCUT2D eigenvalue weighted by molar-refractivity contribution is 0.539. The predicted octanol–water partition coefficient (Wildman–Crippen LogP) is 2.96. The third kappa shape index (κ3) is 1.73. The topological polar surface area (TPSA) is 43.8 Å². The van der Waals surface area contributed by atoms with Gasteiger partial charge in [-0.05, 0) is 17.7 Å². The minimum absolute atomic E-state index is 0.00287. The molecule has 2 heterocycles. The van der Waals surface area contributed by atoms with Gasteiger partial charge in [0.2, 0.25) is 0 Å². The van der Waals surface area contributed by atoms with Gasteiger partial charge < -0.3 is 10.3 Å². The predicted molar refractivity (Wildman–Crippen MR) is 80.3 cm³/mol. The van der Waals surface area contributed by atoms with Crippen LogP contribution in [0.25, 0.3) is 21.8 Å². The smallest absolute Gasteiger partial charge is 0.0519 e. The average Bonchev–Trinajstić information content (AvgIpc) is 2.73. The van der Waals surface area contributed by atoms with Crippen molar-refractivity contribution in [2.75, 3.05) is 6.54 Å². The molecular formula is C16H19N3. The summed E-state index contributed by atoms with van der Waals surface area (Å²) in [5, 5.41) is 2.46. The Hall–Kier alpha value is -1.87. The zero-order valence-electron chi connectivity index (χ0n) is 11.6. The zero-order chi connectivity index (χ0) is 13.6. The van der Waals surface area contributed by atoms with Crippen molar-refractivity contribution >= 4 is 21.8 Å². The standard InChI is InChI=1S/C16H19N3/c1-16(2,10-17)11-4-5-12-13-9-18-7-6-14(13)19(3)15(12)8-11/h4-9H,10,17H2,1-3H3. The van der Waals surface area contributed by atoms with Crippen molar-refractivity contribution in [3.63, 3.8) is 0 Å². The van der Waals surface area contributed by atoms with E-state index >= 15 is 0 Å². The van der Waals surface area contributed by atoms with E-state index in [0.717, 1.165) is 0 Å². The Balaban J connectivity index is 2.35. The summed E-state index contributed by atoms with van der Waals surface area (Å²) >= 11 is 0. The van der Waals surface area contributed by atoms with E-state index in [4.69, 9.17) is 5.73 Å². The van der Waals surface area contributed by atoms with Crippen LogP contribution in [0, 0.1) is 0 Å². The first-order chi connectivity index (χ1) is 9.04. The summed E-state index contributed by atoms with van der Waals surface area (Å²) in [4.78, 5) is 4.23. The molecule has 0 radical (unpaired) electrons. The highest BCUT2D eigenvalue weighted by Gasteiger charge is 2.19. The lowest BCUT2D eigenvalue weighted by Crippen LogP contribution is -2.27. The molecule has 2 aromatic heterocycles. The molecule has 0 spiro atoms. The molecule has 0 amide bonds. The van der Waals surface area contributed by atoms with Crippen molar-refractivity contribution in [1.29, 1.82) is 0 Å². The molecule has 3 aromatic rings. The summed E-state index contributed by atoms with van der Waals surface area (Å²) < 4.78 is 2.22. The third-order valence-corrected chi connectivity index (χ3v) is 4.10. The van der Waals surface area contributed by atoms with Gasteiger partial charge in [0.1, 0.15) is 0 Å². The molecule has 2 N–H and O–H groups in total. The van der Waals surface area contributed by atoms with E-state index in [1.54, 1.807) is 0 Å². The molecule has 0 fully saturated rings. The van der Waals surface area contributed by atoms with Crippen LogP contribution in [0.4, 0.5) is 0 Å². The number of hydrogen-bond acceptors (Lipinski definition) is 2. The molecule has 3 rings (SSSR count). The van der Waals surface area contributed by atoms with Gasteiger partial charge in [0.25, 0.3) is 0 Å². The van der Waals surface area contributed by atoms with Gasteiger partial charge in [0, 0.05) is 47.7 Å². The van der Waals surface area contributed by atoms with Gasteiger partial charge in [-0.2, -0.15) is 0 Å². The van der Waals surface area contributed by atoms with E-state index < -0.39 is 0 Å². The normalized spacial score (nSPS) is 12.4. The van der Waals surface area contributed by atoms with Crippen LogP contribution in [-0.4, -0.2) is 16.1 Å². The Labute approximate surface area is 113 Å². The van der Waals surface area contributed by atoms with Gasteiger partial charge in [-0.25, -0.2) is 0 Å². The number of aryl methyl sites for hydroxylation is 1. The summed E-state index contributed by atoms with van der Waals surface area (Å²) in [7, 11) is 2.10. The minimum atomic E-state index is 0.00287. The van der Waals surface area contributed by atoms with Crippen LogP contribution in [0.1, 0.15) is 19.4 Å². The van der Waals surface area contributed by atoms with Gasteiger partial charge in [-0.3, -0.25) is 4.98 Å². The van der Waals surface area contributed by atoms with Crippen molar-refractivity contribution in [2.24, 2.45) is 12.8 Å². The largest absolute Gasteiger partial charge is 0.344 e. The fourth-order valence-corrected chi connectivity index (χ4v) is 2.59. The highest BCUT2D eigenvalue weighted by atomic mass is 14.9. The molecule has 0 saturated carbocycles. The lowest BCUT2D eigenvalue weighted by atomic mass is 9.84. The van der Waals surface area contributed by atoms with E-state index in [1.807, 2.05) is 12.4 Å². The summed E-state index contributed by atoms with van der Waals surface area (Å²) in [6, 6.07) is 8.68. The minimum Gasteiger partial charge on any atom is -0.344 e. The molecular weight excluding hydrogens is 234 g/mol. The van der Waals surface area contributed by atoms with Crippen LogP contribution in [0.15, 0.2) is 36.7 Å². The van der Waals surface area contributed by atoms with Crippen LogP contribution >= 0.6 is 0 Å². The molecule has 0 aliphatic carbocycles. The fourth-order valence-electron chi connectivity index (χ4n) is 2.59. The first-order valence-corrected chi connectivity index (χ1v) is 6.57. The van der Waals surface area contributed by atoms with Crippen LogP contribution in [0.5, 0.6) is 0 Å². The monoisotopic (exact) mass is 253 g/mol. The summed E-state index contributed by atoms with van der Waals surface area (Å²) in [6.07, 6.45) is 3.78. The molecule has 0 unspecified atom stereocenters. The number of fused-ring (bicyclic) bond motifs is 3. The third-order valence-electron chi connectivity index (χ3n) is 4.10. The molecule has 0 saturated heterocycles. The second kappa shape index (κ2) is 4.07. The van der Waals surface area contributed by atoms with Crippen LogP contribution < -0.4 is 5.73 Å². The number of nitrogens with two attached hydrogens (primary N) is 1. The lowest BCUT2D eigenvalue weighted by Gasteiger charge is -2.23. The highest BCUT2D eigenvalue weighted by molar-refractivity contribution is 6.07. The van der Waals surface area contributed by atoms with Crippen molar-refractivity contribution in [3.8, 4) is 0 Å². The van der Waals surface area contributed by atoms with Gasteiger partial charge in [-0.15, -0.1) is 0 Å². The molecule has 0 aliphatic rings. The summed E-state index contributed by atoms with van der Waals surface area (Å²) in [6.45, 7) is 5.00. The van der Waals surface area contributed by atoms with E-state index in [2.05, 4.69) is 54.7 Å². The maximum Gasteiger partial charge on any atom is 0.0519 e. The Morgan fingerprint density at radius 3 is 2.68 bits per heavy atom. The molecule has 1 aromatic carbocycles. The van der Waals surface area contributed by atoms with E-state index in [1.165, 1.54) is 27.4 Å². The molecule has 0 aliphatic heterocycles. The quantitative estimate of drug-likeness (QED) is 0.763. The van der Waals surface area contributed by atoms with Gasteiger partial charge in [0.05, 0.1) is 5.52 Å². The second-order valence-electron chi connectivity index (χ2n) is 5.77. The number of benzene rings is 1. The summed E-state index contributed by atoms with van der Waals surface area (Å²) in [5.74, 6) is 0. The zero-order valence-corrected chi connectivity index (χ0v) is 11.6. The molecule has 3 heteroatoms. The number of hydrogen-bond donors (Lipinski definition) is 1. The Morgan fingerprint density at radius 2 is 1.95 bits per heavy atom. The van der Waals surface area contributed by atoms with E-state index in [-0.39, 0.29) is 5.41 Å². The van der Waals surface area contributed by atoms with Crippen molar-refractivity contribution in [2.45, 2.75) is 19.3 Å². The molecule has 0 bridgehead atoms. The Morgan fingerprint density at radius 1 is 1.16 bits per heavy atom. The van der Waals surface area contributed by atoms with E-state index in [9.17, 15) is 0 Å². The Bertz CT molecular complexity index is 753. The SMILES string of the molecule is Cn1c2ccncc2c2ccc(C(C)(C)CN)cc21. The number of rotatable bonds is 2. The molecule has 98 valence electrons. The average molecular weight is 253 g/mol. The van der Waals surface area contributed by atoms with E-state index in [0.29, 0.717) is 6.54 Å². The van der Waals surface area contributed by atoms with Crippen molar-refractivity contribution < 1.29 is 0 Å².